The Morgan fingerprint density at radius 3 is 2.50 bits per heavy atom. The molecule has 1 unspecified atom stereocenters. The van der Waals surface area contributed by atoms with E-state index in [0.29, 0.717) is 6.42 Å². The zero-order chi connectivity index (χ0) is 15.0. The number of nitrogens with one attached hydrogen (secondary N) is 1. The number of aliphatic carboxylic acids is 1. The molecule has 0 aliphatic rings. The summed E-state index contributed by atoms with van der Waals surface area (Å²) in [6, 6.07) is 5.49. The number of unbranched alkanes of at least 4 members (excludes halogenated alkanes) is 1. The summed E-state index contributed by atoms with van der Waals surface area (Å²) in [6.07, 6.45) is 4.90. The van der Waals surface area contributed by atoms with E-state index in [9.17, 15) is 9.59 Å². The minimum atomic E-state index is -1.02. The highest BCUT2D eigenvalue weighted by atomic mass is 16.4. The van der Waals surface area contributed by atoms with Crippen molar-refractivity contribution < 1.29 is 19.8 Å². The molecule has 1 atom stereocenters. The zero-order valence-corrected chi connectivity index (χ0v) is 11.4. The molecule has 0 aliphatic carbocycles. The fraction of sp³-hybridized carbons (Fsp3) is 0.333. The molecule has 20 heavy (non-hydrogen) atoms. The van der Waals surface area contributed by atoms with Crippen molar-refractivity contribution in [3.63, 3.8) is 0 Å². The van der Waals surface area contributed by atoms with E-state index in [0.717, 1.165) is 18.4 Å². The van der Waals surface area contributed by atoms with E-state index in [4.69, 9.17) is 10.2 Å². The molecular weight excluding hydrogens is 258 g/mol. The lowest BCUT2D eigenvalue weighted by molar-refractivity contribution is -0.141. The molecule has 3 N–H and O–H groups in total. The number of carbonyl (C=O) groups is 2. The average molecular weight is 277 g/mol. The highest BCUT2D eigenvalue weighted by Crippen LogP contribution is 2.10. The lowest BCUT2D eigenvalue weighted by atomic mass is 10.1. The third-order valence-corrected chi connectivity index (χ3v) is 2.78. The van der Waals surface area contributed by atoms with Gasteiger partial charge in [-0.3, -0.25) is 4.79 Å². The minimum absolute atomic E-state index is 0.150. The van der Waals surface area contributed by atoms with E-state index >= 15 is 0 Å². The van der Waals surface area contributed by atoms with E-state index < -0.39 is 17.9 Å². The molecule has 1 amide bonds. The van der Waals surface area contributed by atoms with Gasteiger partial charge < -0.3 is 15.5 Å². The van der Waals surface area contributed by atoms with Gasteiger partial charge in [-0.15, -0.1) is 0 Å². The summed E-state index contributed by atoms with van der Waals surface area (Å²) < 4.78 is 0. The molecule has 0 aromatic heterocycles. The first-order valence-electron chi connectivity index (χ1n) is 6.53. The molecule has 0 saturated heterocycles. The van der Waals surface area contributed by atoms with Crippen LogP contribution in [-0.4, -0.2) is 28.1 Å². The van der Waals surface area contributed by atoms with Crippen LogP contribution in [0.25, 0.3) is 6.08 Å². The van der Waals surface area contributed by atoms with Crippen LogP contribution in [0.5, 0.6) is 5.75 Å². The number of phenols is 1. The summed E-state index contributed by atoms with van der Waals surface area (Å²) in [4.78, 5) is 22.6. The van der Waals surface area contributed by atoms with Gasteiger partial charge in [0.25, 0.3) is 0 Å². The number of amides is 1. The van der Waals surface area contributed by atoms with Crippen LogP contribution >= 0.6 is 0 Å². The molecule has 0 saturated carbocycles. The van der Waals surface area contributed by atoms with Crippen LogP contribution < -0.4 is 5.32 Å². The topological polar surface area (TPSA) is 86.6 Å². The van der Waals surface area contributed by atoms with Crippen LogP contribution in [0, 0.1) is 0 Å². The Morgan fingerprint density at radius 1 is 1.30 bits per heavy atom. The van der Waals surface area contributed by atoms with Crippen molar-refractivity contribution in [2.75, 3.05) is 0 Å². The highest BCUT2D eigenvalue weighted by Gasteiger charge is 2.17. The van der Waals surface area contributed by atoms with Crippen LogP contribution in [0.15, 0.2) is 30.3 Å². The fourth-order valence-corrected chi connectivity index (χ4v) is 1.64. The third-order valence-electron chi connectivity index (χ3n) is 2.78. The second-order valence-corrected chi connectivity index (χ2v) is 4.47. The summed E-state index contributed by atoms with van der Waals surface area (Å²) in [5, 5.41) is 20.6. The minimum Gasteiger partial charge on any atom is -0.508 e. The number of phenolic OH excluding ortho intramolecular Hbond substituents is 1. The predicted molar refractivity (Wildman–Crippen MR) is 76.2 cm³/mol. The van der Waals surface area contributed by atoms with Gasteiger partial charge in [0.2, 0.25) is 5.91 Å². The van der Waals surface area contributed by atoms with E-state index in [2.05, 4.69) is 5.32 Å². The average Bonchev–Trinajstić information content (AvgIpc) is 2.42. The Labute approximate surface area is 117 Å². The molecular formula is C15H19NO4. The van der Waals surface area contributed by atoms with Gasteiger partial charge in [-0.1, -0.05) is 31.9 Å². The van der Waals surface area contributed by atoms with Crippen molar-refractivity contribution in [2.24, 2.45) is 0 Å². The first-order chi connectivity index (χ1) is 9.52. The number of hydrogen-bond donors (Lipinski definition) is 3. The molecule has 5 heteroatoms. The molecule has 0 spiro atoms. The molecule has 108 valence electrons. The standard InChI is InChI=1S/C15H19NO4/c1-2-3-4-13(15(19)20)16-14(18)10-7-11-5-8-12(17)9-6-11/h5-10,13,17H,2-4H2,1H3,(H,16,18)(H,19,20)/b10-7+. The van der Waals surface area contributed by atoms with Crippen molar-refractivity contribution in [2.45, 2.75) is 32.2 Å². The lowest BCUT2D eigenvalue weighted by Gasteiger charge is -2.12. The maximum Gasteiger partial charge on any atom is 0.326 e. The van der Waals surface area contributed by atoms with Crippen LogP contribution in [0.1, 0.15) is 31.7 Å². The Kier molecular flexibility index (Phi) is 6.29. The molecule has 0 bridgehead atoms. The van der Waals surface area contributed by atoms with E-state index in [-0.39, 0.29) is 5.75 Å². The second kappa shape index (κ2) is 7.99. The predicted octanol–water partition coefficient (Wildman–Crippen LogP) is 2.16. The third kappa shape index (κ3) is 5.56. The van der Waals surface area contributed by atoms with Crippen LogP contribution in [-0.2, 0) is 9.59 Å². The lowest BCUT2D eigenvalue weighted by Crippen LogP contribution is -2.39. The quantitative estimate of drug-likeness (QED) is 0.667. The summed E-state index contributed by atoms with van der Waals surface area (Å²) in [5.74, 6) is -1.32. The van der Waals surface area contributed by atoms with Gasteiger partial charge in [-0.2, -0.15) is 0 Å². The Bertz CT molecular complexity index is 479. The van der Waals surface area contributed by atoms with Gasteiger partial charge in [0.1, 0.15) is 11.8 Å². The maximum absolute atomic E-state index is 11.7. The number of aromatic hydroxyl groups is 1. The Morgan fingerprint density at radius 2 is 1.95 bits per heavy atom. The van der Waals surface area contributed by atoms with Crippen molar-refractivity contribution >= 4 is 18.0 Å². The molecule has 0 fully saturated rings. The number of benzene rings is 1. The van der Waals surface area contributed by atoms with E-state index in [1.807, 2.05) is 6.92 Å². The molecule has 0 heterocycles. The van der Waals surface area contributed by atoms with Crippen molar-refractivity contribution in [1.82, 2.24) is 5.32 Å². The maximum atomic E-state index is 11.7. The Hall–Kier alpha value is -2.30. The number of carboxylic acids is 1. The summed E-state index contributed by atoms with van der Waals surface area (Å²) in [7, 11) is 0. The molecule has 0 aliphatic heterocycles. The number of carboxylic acid groups (broad SMARTS) is 1. The summed E-state index contributed by atoms with van der Waals surface area (Å²) >= 11 is 0. The van der Waals surface area contributed by atoms with Crippen LogP contribution in [0.4, 0.5) is 0 Å². The largest absolute Gasteiger partial charge is 0.508 e. The number of rotatable bonds is 7. The normalized spacial score (nSPS) is 12.2. The van der Waals surface area contributed by atoms with Gasteiger partial charge >= 0.3 is 5.97 Å². The fourth-order valence-electron chi connectivity index (χ4n) is 1.64. The van der Waals surface area contributed by atoms with Gasteiger partial charge in [0.15, 0.2) is 0 Å². The molecule has 1 rings (SSSR count). The second-order valence-electron chi connectivity index (χ2n) is 4.47. The van der Waals surface area contributed by atoms with Crippen LogP contribution in [0.3, 0.4) is 0 Å². The van der Waals surface area contributed by atoms with Crippen molar-refractivity contribution in [3.8, 4) is 5.75 Å². The van der Waals surface area contributed by atoms with E-state index in [1.165, 1.54) is 18.2 Å². The molecule has 0 radical (unpaired) electrons. The number of hydrogen-bond acceptors (Lipinski definition) is 3. The molecule has 1 aromatic rings. The monoisotopic (exact) mass is 277 g/mol. The van der Waals surface area contributed by atoms with Gasteiger partial charge in [0.05, 0.1) is 0 Å². The van der Waals surface area contributed by atoms with Gasteiger partial charge in [-0.05, 0) is 30.2 Å². The van der Waals surface area contributed by atoms with Gasteiger partial charge in [-0.25, -0.2) is 4.79 Å². The smallest absolute Gasteiger partial charge is 0.326 e. The molecule has 5 nitrogen and oxygen atoms in total. The Balaban J connectivity index is 2.56. The summed E-state index contributed by atoms with van der Waals surface area (Å²) in [5.41, 5.74) is 0.749. The van der Waals surface area contributed by atoms with Crippen molar-refractivity contribution in [3.05, 3.63) is 35.9 Å². The first kappa shape index (κ1) is 15.8. The number of carbonyl (C=O) groups excluding carboxylic acids is 1. The first-order valence-corrected chi connectivity index (χ1v) is 6.53. The molecule has 1 aromatic carbocycles. The van der Waals surface area contributed by atoms with Gasteiger partial charge in [0, 0.05) is 6.08 Å². The zero-order valence-electron chi connectivity index (χ0n) is 11.4. The summed E-state index contributed by atoms with van der Waals surface area (Å²) in [6.45, 7) is 1.96. The van der Waals surface area contributed by atoms with Crippen LogP contribution in [0.2, 0.25) is 0 Å². The highest BCUT2D eigenvalue weighted by molar-refractivity contribution is 5.94. The SMILES string of the molecule is CCCCC(NC(=O)/C=C/c1ccc(O)cc1)C(=O)O. The van der Waals surface area contributed by atoms with Crippen molar-refractivity contribution in [1.29, 1.82) is 0 Å². The van der Waals surface area contributed by atoms with E-state index in [1.54, 1.807) is 18.2 Å².